The number of carbonyl (C=O) groups excluding carboxylic acids is 1. The summed E-state index contributed by atoms with van der Waals surface area (Å²) in [5.74, 6) is 0.458. The molecule has 9 nitrogen and oxygen atoms in total. The van der Waals surface area contributed by atoms with E-state index in [1.165, 1.54) is 11.4 Å². The van der Waals surface area contributed by atoms with Crippen molar-refractivity contribution < 1.29 is 27.1 Å². The minimum absolute atomic E-state index is 0.209. The Hall–Kier alpha value is -2.17. The van der Waals surface area contributed by atoms with Crippen molar-refractivity contribution in [3.63, 3.8) is 0 Å². The standard InChI is InChI=1S/C17H23N3O6S/c1-11-16(27(22,23)19-5-7-25-8-6-19)12(2)20(18-11)10-14-9-15(13(3)26-14)17(21)24-4/h9H,5-8,10H2,1-4H3. The van der Waals surface area contributed by atoms with Crippen molar-refractivity contribution in [2.75, 3.05) is 33.4 Å². The van der Waals surface area contributed by atoms with Crippen molar-refractivity contribution in [2.45, 2.75) is 32.2 Å². The second-order valence-electron chi connectivity index (χ2n) is 6.35. The molecule has 2 aromatic heterocycles. The smallest absolute Gasteiger partial charge is 0.341 e. The van der Waals surface area contributed by atoms with Crippen molar-refractivity contribution in [1.82, 2.24) is 14.1 Å². The van der Waals surface area contributed by atoms with Crippen LogP contribution < -0.4 is 0 Å². The Morgan fingerprint density at radius 1 is 1.26 bits per heavy atom. The SMILES string of the molecule is COC(=O)c1cc(Cn2nc(C)c(S(=O)(=O)N3CCOCC3)c2C)oc1C. The summed E-state index contributed by atoms with van der Waals surface area (Å²) < 4.78 is 44.6. The van der Waals surface area contributed by atoms with Gasteiger partial charge in [-0.15, -0.1) is 0 Å². The Labute approximate surface area is 157 Å². The highest BCUT2D eigenvalue weighted by Crippen LogP contribution is 2.25. The van der Waals surface area contributed by atoms with E-state index in [0.29, 0.717) is 54.8 Å². The summed E-state index contributed by atoms with van der Waals surface area (Å²) in [4.78, 5) is 11.9. The molecule has 0 unspecified atom stereocenters. The normalized spacial score (nSPS) is 15.9. The summed E-state index contributed by atoms with van der Waals surface area (Å²) >= 11 is 0. The molecule has 1 fully saturated rings. The number of aryl methyl sites for hydroxylation is 2. The number of rotatable bonds is 5. The topological polar surface area (TPSA) is 104 Å². The molecule has 0 aliphatic carbocycles. The average molecular weight is 397 g/mol. The lowest BCUT2D eigenvalue weighted by Crippen LogP contribution is -2.41. The van der Waals surface area contributed by atoms with E-state index in [1.54, 1.807) is 31.5 Å². The van der Waals surface area contributed by atoms with Gasteiger partial charge in [0.15, 0.2) is 0 Å². The molecule has 0 spiro atoms. The number of hydrogen-bond donors (Lipinski definition) is 0. The summed E-state index contributed by atoms with van der Waals surface area (Å²) in [6.45, 7) is 6.68. The molecule has 10 heteroatoms. The molecule has 0 bridgehead atoms. The molecule has 0 N–H and O–H groups in total. The number of hydrogen-bond acceptors (Lipinski definition) is 7. The van der Waals surface area contributed by atoms with E-state index in [1.807, 2.05) is 0 Å². The molecular weight excluding hydrogens is 374 g/mol. The molecule has 3 heterocycles. The summed E-state index contributed by atoms with van der Waals surface area (Å²) in [5, 5.41) is 4.37. The van der Waals surface area contributed by atoms with Crippen molar-refractivity contribution in [2.24, 2.45) is 0 Å². The number of morpholine rings is 1. The first-order valence-corrected chi connectivity index (χ1v) is 9.99. The number of nitrogens with zero attached hydrogens (tertiary/aromatic N) is 3. The lowest BCUT2D eigenvalue weighted by molar-refractivity contribution is 0.0598. The molecule has 0 radical (unpaired) electrons. The zero-order chi connectivity index (χ0) is 19.8. The number of sulfonamides is 1. The molecule has 3 rings (SSSR count). The third-order valence-corrected chi connectivity index (χ3v) is 6.71. The van der Waals surface area contributed by atoms with Crippen molar-refractivity contribution in [1.29, 1.82) is 0 Å². The lowest BCUT2D eigenvalue weighted by Gasteiger charge is -2.26. The van der Waals surface area contributed by atoms with Gasteiger partial charge in [-0.25, -0.2) is 13.2 Å². The highest BCUT2D eigenvalue weighted by atomic mass is 32.2. The molecule has 2 aromatic rings. The molecule has 1 aliphatic rings. The fourth-order valence-corrected chi connectivity index (χ4v) is 4.99. The minimum Gasteiger partial charge on any atom is -0.465 e. The van der Waals surface area contributed by atoms with Crippen LogP contribution in [0.5, 0.6) is 0 Å². The molecule has 1 saturated heterocycles. The van der Waals surface area contributed by atoms with Crippen LogP contribution in [0.15, 0.2) is 15.4 Å². The van der Waals surface area contributed by atoms with Crippen LogP contribution in [0, 0.1) is 20.8 Å². The van der Waals surface area contributed by atoms with Gasteiger partial charge in [0.05, 0.1) is 38.3 Å². The molecule has 0 aromatic carbocycles. The van der Waals surface area contributed by atoms with Gasteiger partial charge in [0, 0.05) is 13.1 Å². The molecule has 0 saturated carbocycles. The number of furan rings is 1. The van der Waals surface area contributed by atoms with Crippen molar-refractivity contribution in [3.05, 3.63) is 34.5 Å². The highest BCUT2D eigenvalue weighted by molar-refractivity contribution is 7.89. The Bertz CT molecular complexity index is 954. The zero-order valence-corrected chi connectivity index (χ0v) is 16.6. The maximum Gasteiger partial charge on any atom is 0.341 e. The number of methoxy groups -OCH3 is 1. The van der Waals surface area contributed by atoms with Gasteiger partial charge in [0.25, 0.3) is 0 Å². The molecule has 0 amide bonds. The lowest BCUT2D eigenvalue weighted by atomic mass is 10.2. The van der Waals surface area contributed by atoms with Crippen LogP contribution in [-0.4, -0.2) is 61.9 Å². The summed E-state index contributed by atoms with van der Waals surface area (Å²) in [5.41, 5.74) is 1.29. The van der Waals surface area contributed by atoms with Crippen LogP contribution in [0.25, 0.3) is 0 Å². The number of aromatic nitrogens is 2. The third-order valence-electron chi connectivity index (χ3n) is 4.56. The maximum absolute atomic E-state index is 13.0. The van der Waals surface area contributed by atoms with Crippen LogP contribution in [0.1, 0.15) is 33.3 Å². The first-order valence-electron chi connectivity index (χ1n) is 8.55. The van der Waals surface area contributed by atoms with Crippen LogP contribution in [-0.2, 0) is 26.0 Å². The zero-order valence-electron chi connectivity index (χ0n) is 15.8. The van der Waals surface area contributed by atoms with Gasteiger partial charge >= 0.3 is 5.97 Å². The van der Waals surface area contributed by atoms with E-state index in [-0.39, 0.29) is 11.4 Å². The van der Waals surface area contributed by atoms with E-state index in [9.17, 15) is 13.2 Å². The van der Waals surface area contributed by atoms with Crippen LogP contribution in [0.4, 0.5) is 0 Å². The quantitative estimate of drug-likeness (QED) is 0.700. The van der Waals surface area contributed by atoms with Crippen LogP contribution in [0.3, 0.4) is 0 Å². The van der Waals surface area contributed by atoms with Gasteiger partial charge in [-0.05, 0) is 26.8 Å². The van der Waals surface area contributed by atoms with Gasteiger partial charge in [0.1, 0.15) is 22.0 Å². The Kier molecular flexibility index (Phi) is 5.41. The second-order valence-corrected chi connectivity index (χ2v) is 8.22. The monoisotopic (exact) mass is 397 g/mol. The predicted molar refractivity (Wildman–Crippen MR) is 95.2 cm³/mol. The number of ether oxygens (including phenoxy) is 2. The van der Waals surface area contributed by atoms with E-state index >= 15 is 0 Å². The van der Waals surface area contributed by atoms with Gasteiger partial charge < -0.3 is 13.9 Å². The summed E-state index contributed by atoms with van der Waals surface area (Å²) in [6.07, 6.45) is 0. The van der Waals surface area contributed by atoms with E-state index in [2.05, 4.69) is 5.10 Å². The van der Waals surface area contributed by atoms with Gasteiger partial charge in [-0.3, -0.25) is 4.68 Å². The molecule has 0 atom stereocenters. The first-order chi connectivity index (χ1) is 12.8. The van der Waals surface area contributed by atoms with E-state index in [0.717, 1.165) is 0 Å². The summed E-state index contributed by atoms with van der Waals surface area (Å²) in [6, 6.07) is 1.59. The fourth-order valence-electron chi connectivity index (χ4n) is 3.21. The van der Waals surface area contributed by atoms with E-state index < -0.39 is 16.0 Å². The number of esters is 1. The fraction of sp³-hybridized carbons (Fsp3) is 0.529. The Balaban J connectivity index is 1.91. The summed E-state index contributed by atoms with van der Waals surface area (Å²) in [7, 11) is -2.35. The van der Waals surface area contributed by atoms with Gasteiger partial charge in [0.2, 0.25) is 10.0 Å². The highest BCUT2D eigenvalue weighted by Gasteiger charge is 2.32. The largest absolute Gasteiger partial charge is 0.465 e. The molecule has 1 aliphatic heterocycles. The van der Waals surface area contributed by atoms with Crippen LogP contribution >= 0.6 is 0 Å². The van der Waals surface area contributed by atoms with Crippen LogP contribution in [0.2, 0.25) is 0 Å². The molecule has 27 heavy (non-hydrogen) atoms. The molecular formula is C17H23N3O6S. The van der Waals surface area contributed by atoms with Crippen molar-refractivity contribution in [3.8, 4) is 0 Å². The van der Waals surface area contributed by atoms with Gasteiger partial charge in [-0.1, -0.05) is 0 Å². The second kappa shape index (κ2) is 7.45. The first kappa shape index (κ1) is 19.6. The average Bonchev–Trinajstić information content (AvgIpc) is 3.14. The third kappa shape index (κ3) is 3.64. The molecule has 148 valence electrons. The van der Waals surface area contributed by atoms with Crippen molar-refractivity contribution >= 4 is 16.0 Å². The number of carbonyl (C=O) groups is 1. The van der Waals surface area contributed by atoms with E-state index in [4.69, 9.17) is 13.9 Å². The maximum atomic E-state index is 13.0. The Morgan fingerprint density at radius 3 is 2.56 bits per heavy atom. The minimum atomic E-state index is -3.65. The van der Waals surface area contributed by atoms with Gasteiger partial charge in [-0.2, -0.15) is 9.40 Å². The predicted octanol–water partition coefficient (Wildman–Crippen LogP) is 1.26. The Morgan fingerprint density at radius 2 is 1.93 bits per heavy atom.